The van der Waals surface area contributed by atoms with E-state index in [0.717, 1.165) is 12.1 Å². The molecule has 0 fully saturated rings. The molecule has 1 rings (SSSR count). The number of benzene rings is 1. The number of nitrogens with one attached hydrogen (secondary N) is 2. The maximum atomic E-state index is 13.0. The number of urea groups is 1. The van der Waals surface area contributed by atoms with Gasteiger partial charge < -0.3 is 15.7 Å². The van der Waals surface area contributed by atoms with Gasteiger partial charge in [-0.15, -0.1) is 0 Å². The average molecular weight is 216 g/mol. The van der Waals surface area contributed by atoms with E-state index in [-0.39, 0.29) is 18.8 Å². The third kappa shape index (κ3) is 3.51. The minimum atomic E-state index is -0.853. The Bertz CT molecular complexity index is 358. The third-order valence-corrected chi connectivity index (χ3v) is 1.58. The maximum Gasteiger partial charge on any atom is 0.319 e. The fourth-order valence-corrected chi connectivity index (χ4v) is 0.927. The standard InChI is InChI=1S/C9H10F2N2O2/c10-6-1-2-8(7(11)5-6)13-9(15)12-3-4-14/h1-2,5,14H,3-4H2,(H2,12,13,15). The van der Waals surface area contributed by atoms with Gasteiger partial charge in [0.05, 0.1) is 12.3 Å². The van der Waals surface area contributed by atoms with E-state index >= 15 is 0 Å². The number of aliphatic hydroxyl groups excluding tert-OH is 1. The van der Waals surface area contributed by atoms with Crippen molar-refractivity contribution < 1.29 is 18.7 Å². The van der Waals surface area contributed by atoms with Crippen LogP contribution in [0, 0.1) is 11.6 Å². The lowest BCUT2D eigenvalue weighted by molar-refractivity contribution is 0.244. The van der Waals surface area contributed by atoms with Crippen LogP contribution in [-0.4, -0.2) is 24.3 Å². The predicted molar refractivity (Wildman–Crippen MR) is 50.5 cm³/mol. The quantitative estimate of drug-likeness (QED) is 0.708. The molecule has 0 atom stereocenters. The van der Waals surface area contributed by atoms with Gasteiger partial charge in [-0.25, -0.2) is 13.6 Å². The van der Waals surface area contributed by atoms with Crippen molar-refractivity contribution in [2.75, 3.05) is 18.5 Å². The van der Waals surface area contributed by atoms with Crippen LogP contribution >= 0.6 is 0 Å². The summed E-state index contributed by atoms with van der Waals surface area (Å²) >= 11 is 0. The van der Waals surface area contributed by atoms with Gasteiger partial charge in [-0.2, -0.15) is 0 Å². The molecule has 0 saturated carbocycles. The van der Waals surface area contributed by atoms with Gasteiger partial charge in [-0.3, -0.25) is 0 Å². The minimum Gasteiger partial charge on any atom is -0.395 e. The summed E-state index contributed by atoms with van der Waals surface area (Å²) in [5, 5.41) is 12.8. The minimum absolute atomic E-state index is 0.0641. The Morgan fingerprint density at radius 3 is 2.73 bits per heavy atom. The van der Waals surface area contributed by atoms with Crippen LogP contribution in [0.25, 0.3) is 0 Å². The molecule has 0 aliphatic heterocycles. The van der Waals surface area contributed by atoms with Crippen LogP contribution in [0.15, 0.2) is 18.2 Å². The molecule has 0 unspecified atom stereocenters. The second-order valence-corrected chi connectivity index (χ2v) is 2.73. The zero-order valence-corrected chi connectivity index (χ0v) is 7.76. The lowest BCUT2D eigenvalue weighted by atomic mass is 10.3. The molecule has 0 aromatic heterocycles. The smallest absolute Gasteiger partial charge is 0.319 e. The molecule has 0 radical (unpaired) electrons. The van der Waals surface area contributed by atoms with Gasteiger partial charge in [0.2, 0.25) is 0 Å². The summed E-state index contributed by atoms with van der Waals surface area (Å²) in [6, 6.07) is 2.16. The van der Waals surface area contributed by atoms with Gasteiger partial charge in [0.15, 0.2) is 0 Å². The second-order valence-electron chi connectivity index (χ2n) is 2.73. The van der Waals surface area contributed by atoms with E-state index in [1.165, 1.54) is 0 Å². The summed E-state index contributed by atoms with van der Waals surface area (Å²) in [4.78, 5) is 11.0. The van der Waals surface area contributed by atoms with Crippen molar-refractivity contribution in [3.8, 4) is 0 Å². The Labute approximate surface area is 84.9 Å². The van der Waals surface area contributed by atoms with E-state index in [2.05, 4.69) is 10.6 Å². The van der Waals surface area contributed by atoms with E-state index in [0.29, 0.717) is 6.07 Å². The van der Waals surface area contributed by atoms with E-state index < -0.39 is 17.7 Å². The first-order chi connectivity index (χ1) is 7.13. The molecule has 0 spiro atoms. The molecule has 0 bridgehead atoms. The monoisotopic (exact) mass is 216 g/mol. The van der Waals surface area contributed by atoms with Crippen molar-refractivity contribution in [1.29, 1.82) is 0 Å². The number of carbonyl (C=O) groups is 1. The molecule has 0 aliphatic rings. The number of halogens is 2. The van der Waals surface area contributed by atoms with Crippen molar-refractivity contribution in [1.82, 2.24) is 5.32 Å². The molecule has 15 heavy (non-hydrogen) atoms. The molecule has 6 heteroatoms. The number of hydrogen-bond acceptors (Lipinski definition) is 2. The Hall–Kier alpha value is -1.69. The van der Waals surface area contributed by atoms with Crippen LogP contribution in [0.3, 0.4) is 0 Å². The highest BCUT2D eigenvalue weighted by atomic mass is 19.1. The summed E-state index contributed by atoms with van der Waals surface area (Å²) in [5.74, 6) is -1.57. The molecule has 4 nitrogen and oxygen atoms in total. The van der Waals surface area contributed by atoms with Crippen molar-refractivity contribution in [3.63, 3.8) is 0 Å². The fraction of sp³-hybridized carbons (Fsp3) is 0.222. The van der Waals surface area contributed by atoms with E-state index in [1.807, 2.05) is 0 Å². The molecule has 3 N–H and O–H groups in total. The molecule has 0 aliphatic carbocycles. The van der Waals surface area contributed by atoms with E-state index in [4.69, 9.17) is 5.11 Å². The Morgan fingerprint density at radius 2 is 2.13 bits per heavy atom. The number of aliphatic hydroxyl groups is 1. The number of amides is 2. The molecule has 0 heterocycles. The zero-order valence-electron chi connectivity index (χ0n) is 7.76. The van der Waals surface area contributed by atoms with Gasteiger partial charge in [0.25, 0.3) is 0 Å². The summed E-state index contributed by atoms with van der Waals surface area (Å²) in [6.45, 7) is -0.145. The van der Waals surface area contributed by atoms with Crippen LogP contribution in [0.1, 0.15) is 0 Å². The van der Waals surface area contributed by atoms with Crippen LogP contribution < -0.4 is 10.6 Å². The number of rotatable bonds is 3. The highest BCUT2D eigenvalue weighted by Gasteiger charge is 2.06. The SMILES string of the molecule is O=C(NCCO)Nc1ccc(F)cc1F. The molecular formula is C9H10F2N2O2. The van der Waals surface area contributed by atoms with Crippen LogP contribution in [-0.2, 0) is 0 Å². The van der Waals surface area contributed by atoms with Crippen LogP contribution in [0.4, 0.5) is 19.3 Å². The van der Waals surface area contributed by atoms with Crippen molar-refractivity contribution in [2.24, 2.45) is 0 Å². The van der Waals surface area contributed by atoms with Crippen LogP contribution in [0.5, 0.6) is 0 Å². The Kier molecular flexibility index (Phi) is 3.99. The molecule has 0 saturated heterocycles. The summed E-state index contributed by atoms with van der Waals surface area (Å²) in [6.07, 6.45) is 0. The summed E-state index contributed by atoms with van der Waals surface area (Å²) in [5.41, 5.74) is -0.119. The number of hydrogen-bond donors (Lipinski definition) is 3. The Balaban J connectivity index is 2.60. The lowest BCUT2D eigenvalue weighted by Crippen LogP contribution is -2.31. The van der Waals surface area contributed by atoms with Crippen LogP contribution in [0.2, 0.25) is 0 Å². The largest absolute Gasteiger partial charge is 0.395 e. The number of carbonyl (C=O) groups excluding carboxylic acids is 1. The van der Waals surface area contributed by atoms with E-state index in [9.17, 15) is 13.6 Å². The lowest BCUT2D eigenvalue weighted by Gasteiger charge is -2.06. The third-order valence-electron chi connectivity index (χ3n) is 1.58. The molecule has 82 valence electrons. The molecular weight excluding hydrogens is 206 g/mol. The molecule has 1 aromatic rings. The highest BCUT2D eigenvalue weighted by Crippen LogP contribution is 2.14. The van der Waals surface area contributed by atoms with Crippen molar-refractivity contribution >= 4 is 11.7 Å². The predicted octanol–water partition coefficient (Wildman–Crippen LogP) is 1.08. The van der Waals surface area contributed by atoms with E-state index in [1.54, 1.807) is 0 Å². The summed E-state index contributed by atoms with van der Waals surface area (Å²) in [7, 11) is 0. The van der Waals surface area contributed by atoms with Crippen molar-refractivity contribution in [2.45, 2.75) is 0 Å². The first-order valence-electron chi connectivity index (χ1n) is 4.24. The van der Waals surface area contributed by atoms with Gasteiger partial charge in [0, 0.05) is 12.6 Å². The van der Waals surface area contributed by atoms with Gasteiger partial charge in [0.1, 0.15) is 11.6 Å². The maximum absolute atomic E-state index is 13.0. The van der Waals surface area contributed by atoms with Gasteiger partial charge in [-0.1, -0.05) is 0 Å². The van der Waals surface area contributed by atoms with Gasteiger partial charge in [-0.05, 0) is 12.1 Å². The topological polar surface area (TPSA) is 61.4 Å². The highest BCUT2D eigenvalue weighted by molar-refractivity contribution is 5.89. The first kappa shape index (κ1) is 11.4. The molecule has 2 amide bonds. The van der Waals surface area contributed by atoms with Gasteiger partial charge >= 0.3 is 6.03 Å². The normalized spacial score (nSPS) is 9.80. The van der Waals surface area contributed by atoms with Crippen molar-refractivity contribution in [3.05, 3.63) is 29.8 Å². The second kappa shape index (κ2) is 5.26. The number of anilines is 1. The average Bonchev–Trinajstić information content (AvgIpc) is 2.19. The summed E-state index contributed by atoms with van der Waals surface area (Å²) < 4.78 is 25.5. The first-order valence-corrected chi connectivity index (χ1v) is 4.24. The fourth-order valence-electron chi connectivity index (χ4n) is 0.927. The zero-order chi connectivity index (χ0) is 11.3. The molecule has 1 aromatic carbocycles. The Morgan fingerprint density at radius 1 is 1.40 bits per heavy atom.